The van der Waals surface area contributed by atoms with Gasteiger partial charge in [-0.2, -0.15) is 9.97 Å². The van der Waals surface area contributed by atoms with Crippen molar-refractivity contribution in [3.8, 4) is 11.4 Å². The van der Waals surface area contributed by atoms with E-state index in [9.17, 15) is 4.79 Å². The molecule has 0 aliphatic carbocycles. The van der Waals surface area contributed by atoms with Gasteiger partial charge < -0.3 is 0 Å². The van der Waals surface area contributed by atoms with Gasteiger partial charge in [-0.1, -0.05) is 47.5 Å². The molecule has 2 N–H and O–H groups in total. The number of halogens is 2. The maximum atomic E-state index is 12.4. The molecule has 1 heterocycles. The van der Waals surface area contributed by atoms with Gasteiger partial charge in [0.15, 0.2) is 5.82 Å². The molecule has 0 spiro atoms. The summed E-state index contributed by atoms with van der Waals surface area (Å²) >= 11 is 12.5. The van der Waals surface area contributed by atoms with Gasteiger partial charge in [-0.05, 0) is 31.2 Å². The van der Waals surface area contributed by atoms with Crippen LogP contribution in [0.15, 0.2) is 53.3 Å². The first-order chi connectivity index (χ1) is 12.1. The van der Waals surface area contributed by atoms with Gasteiger partial charge in [-0.25, -0.2) is 4.79 Å². The maximum Gasteiger partial charge on any atom is 0.352 e. The smallest absolute Gasteiger partial charge is 0.298 e. The molecule has 3 rings (SSSR count). The summed E-state index contributed by atoms with van der Waals surface area (Å²) in [7, 11) is 0. The van der Waals surface area contributed by atoms with Crippen molar-refractivity contribution >= 4 is 34.8 Å². The third-order valence-electron chi connectivity index (χ3n) is 3.49. The standard InChI is InChI=1S/C17H15Cl2N5O/c1-2-24-15(14-12(18)9-6-10-13(14)19)20-16(21-17(24)25)23-22-11-7-4-3-5-8-11/h3-10,22H,2H2,1H3,(H,21,23,25). The first-order valence-electron chi connectivity index (χ1n) is 7.60. The number of aromatic nitrogens is 3. The molecule has 0 aliphatic heterocycles. The third-order valence-corrected chi connectivity index (χ3v) is 4.12. The minimum atomic E-state index is -0.444. The molecule has 6 nitrogen and oxygen atoms in total. The van der Waals surface area contributed by atoms with Gasteiger partial charge in [-0.15, -0.1) is 0 Å². The lowest BCUT2D eigenvalue weighted by Crippen LogP contribution is -2.28. The number of nitrogens with one attached hydrogen (secondary N) is 2. The Labute approximate surface area is 154 Å². The van der Waals surface area contributed by atoms with E-state index in [-0.39, 0.29) is 5.95 Å². The van der Waals surface area contributed by atoms with Gasteiger partial charge in [0.2, 0.25) is 5.95 Å². The zero-order valence-corrected chi connectivity index (χ0v) is 14.8. The molecule has 2 aromatic carbocycles. The first-order valence-corrected chi connectivity index (χ1v) is 8.36. The fourth-order valence-electron chi connectivity index (χ4n) is 2.32. The summed E-state index contributed by atoms with van der Waals surface area (Å²) in [4.78, 5) is 20.7. The van der Waals surface area contributed by atoms with Crippen LogP contribution in [0.4, 0.5) is 11.6 Å². The predicted molar refractivity (Wildman–Crippen MR) is 101 cm³/mol. The van der Waals surface area contributed by atoms with Gasteiger partial charge in [0.25, 0.3) is 0 Å². The Bertz CT molecular complexity index is 923. The van der Waals surface area contributed by atoms with E-state index in [4.69, 9.17) is 23.2 Å². The monoisotopic (exact) mass is 375 g/mol. The lowest BCUT2D eigenvalue weighted by Gasteiger charge is -2.14. The molecule has 8 heteroatoms. The SMILES string of the molecule is CCn1c(-c2c(Cl)cccc2Cl)nc(NNc2ccccc2)nc1=O. The zero-order valence-electron chi connectivity index (χ0n) is 13.3. The van der Waals surface area contributed by atoms with E-state index in [1.165, 1.54) is 4.57 Å². The van der Waals surface area contributed by atoms with Gasteiger partial charge in [0.05, 0.1) is 21.3 Å². The second kappa shape index (κ2) is 7.55. The summed E-state index contributed by atoms with van der Waals surface area (Å²) in [6, 6.07) is 14.5. The molecule has 0 atom stereocenters. The van der Waals surface area contributed by atoms with Gasteiger partial charge in [-0.3, -0.25) is 15.4 Å². The largest absolute Gasteiger partial charge is 0.352 e. The van der Waals surface area contributed by atoms with E-state index in [1.54, 1.807) is 18.2 Å². The number of anilines is 2. The van der Waals surface area contributed by atoms with Crippen LogP contribution in [-0.2, 0) is 6.54 Å². The lowest BCUT2D eigenvalue weighted by atomic mass is 10.2. The number of hydrogen-bond acceptors (Lipinski definition) is 5. The van der Waals surface area contributed by atoms with Crippen molar-refractivity contribution in [2.75, 3.05) is 10.9 Å². The van der Waals surface area contributed by atoms with Gasteiger partial charge in [0.1, 0.15) is 0 Å². The topological polar surface area (TPSA) is 71.8 Å². The summed E-state index contributed by atoms with van der Waals surface area (Å²) in [6.07, 6.45) is 0. The Morgan fingerprint density at radius 1 is 0.960 bits per heavy atom. The highest BCUT2D eigenvalue weighted by atomic mass is 35.5. The van der Waals surface area contributed by atoms with Crippen LogP contribution >= 0.6 is 23.2 Å². The van der Waals surface area contributed by atoms with Crippen LogP contribution in [0.2, 0.25) is 10.0 Å². The molecule has 1 aromatic heterocycles. The number of nitrogens with zero attached hydrogens (tertiary/aromatic N) is 3. The fourth-order valence-corrected chi connectivity index (χ4v) is 2.89. The summed E-state index contributed by atoms with van der Waals surface area (Å²) in [5.41, 5.74) is 6.63. The molecular weight excluding hydrogens is 361 g/mol. The highest BCUT2D eigenvalue weighted by molar-refractivity contribution is 6.39. The van der Waals surface area contributed by atoms with Crippen molar-refractivity contribution in [1.29, 1.82) is 0 Å². The normalized spacial score (nSPS) is 10.5. The van der Waals surface area contributed by atoms with E-state index >= 15 is 0 Å². The van der Waals surface area contributed by atoms with Crippen LogP contribution in [-0.4, -0.2) is 14.5 Å². The van der Waals surface area contributed by atoms with E-state index < -0.39 is 5.69 Å². The van der Waals surface area contributed by atoms with Crippen molar-refractivity contribution in [1.82, 2.24) is 14.5 Å². The van der Waals surface area contributed by atoms with Crippen molar-refractivity contribution in [3.63, 3.8) is 0 Å². The van der Waals surface area contributed by atoms with Gasteiger partial charge in [0, 0.05) is 6.54 Å². The number of hydrazine groups is 1. The Hall–Kier alpha value is -2.57. The third kappa shape index (κ3) is 3.75. The highest BCUT2D eigenvalue weighted by Crippen LogP contribution is 2.33. The quantitative estimate of drug-likeness (QED) is 0.657. The van der Waals surface area contributed by atoms with Crippen LogP contribution in [0.5, 0.6) is 0 Å². The Morgan fingerprint density at radius 3 is 2.28 bits per heavy atom. The Morgan fingerprint density at radius 2 is 1.64 bits per heavy atom. The lowest BCUT2D eigenvalue weighted by molar-refractivity contribution is 0.688. The van der Waals surface area contributed by atoms with Crippen LogP contribution in [0.25, 0.3) is 11.4 Å². The van der Waals surface area contributed by atoms with Crippen molar-refractivity contribution in [2.24, 2.45) is 0 Å². The zero-order chi connectivity index (χ0) is 17.8. The predicted octanol–water partition coefficient (Wildman–Crippen LogP) is 4.07. The number of hydrogen-bond donors (Lipinski definition) is 2. The molecule has 0 radical (unpaired) electrons. The molecule has 0 fully saturated rings. The fraction of sp³-hybridized carbons (Fsp3) is 0.118. The van der Waals surface area contributed by atoms with Crippen LogP contribution in [0, 0.1) is 0 Å². The molecule has 3 aromatic rings. The molecule has 0 saturated carbocycles. The maximum absolute atomic E-state index is 12.4. The summed E-state index contributed by atoms with van der Waals surface area (Å²) in [6.45, 7) is 2.22. The Balaban J connectivity index is 2.03. The minimum absolute atomic E-state index is 0.129. The molecule has 25 heavy (non-hydrogen) atoms. The van der Waals surface area contributed by atoms with Crippen LogP contribution < -0.4 is 16.5 Å². The average Bonchev–Trinajstić information content (AvgIpc) is 2.60. The molecule has 0 bridgehead atoms. The molecule has 128 valence electrons. The second-order valence-corrected chi connectivity index (χ2v) is 5.92. The van der Waals surface area contributed by atoms with E-state index in [1.807, 2.05) is 37.3 Å². The number of rotatable bonds is 5. The summed E-state index contributed by atoms with van der Waals surface area (Å²) in [5.74, 6) is 0.486. The molecule has 0 unspecified atom stereocenters. The molecule has 0 aliphatic rings. The molecular formula is C17H15Cl2N5O. The van der Waals surface area contributed by atoms with E-state index in [2.05, 4.69) is 20.8 Å². The summed E-state index contributed by atoms with van der Waals surface area (Å²) in [5, 5.41) is 0.824. The molecule has 0 amide bonds. The second-order valence-electron chi connectivity index (χ2n) is 5.11. The van der Waals surface area contributed by atoms with E-state index in [0.29, 0.717) is 28.0 Å². The van der Waals surface area contributed by atoms with Crippen LogP contribution in [0.3, 0.4) is 0 Å². The van der Waals surface area contributed by atoms with E-state index in [0.717, 1.165) is 5.69 Å². The average molecular weight is 376 g/mol. The number of benzene rings is 2. The summed E-state index contributed by atoms with van der Waals surface area (Å²) < 4.78 is 1.42. The van der Waals surface area contributed by atoms with Crippen molar-refractivity contribution < 1.29 is 0 Å². The van der Waals surface area contributed by atoms with Gasteiger partial charge >= 0.3 is 5.69 Å². The van der Waals surface area contributed by atoms with Crippen molar-refractivity contribution in [3.05, 3.63) is 69.1 Å². The van der Waals surface area contributed by atoms with Crippen LogP contribution in [0.1, 0.15) is 6.92 Å². The van der Waals surface area contributed by atoms with Crippen molar-refractivity contribution in [2.45, 2.75) is 13.5 Å². The number of para-hydroxylation sites is 1. The molecule has 0 saturated heterocycles. The highest BCUT2D eigenvalue weighted by Gasteiger charge is 2.16. The first kappa shape index (κ1) is 17.3. The Kier molecular flexibility index (Phi) is 5.21. The minimum Gasteiger partial charge on any atom is -0.298 e.